The van der Waals surface area contributed by atoms with Crippen molar-refractivity contribution >= 4 is 0 Å². The normalized spacial score (nSPS) is 0. The van der Waals surface area contributed by atoms with E-state index in [1.54, 1.807) is 0 Å². The van der Waals surface area contributed by atoms with Crippen molar-refractivity contribution in [3.63, 3.8) is 0 Å². The van der Waals surface area contributed by atoms with E-state index in [1.807, 2.05) is 0 Å². The van der Waals surface area contributed by atoms with Crippen molar-refractivity contribution in [1.82, 2.24) is 0 Å². The Bertz CT molecular complexity index is 0. The molecule has 0 fully saturated rings. The molecule has 0 spiro atoms. The van der Waals surface area contributed by atoms with Gasteiger partial charge in [0.1, 0.15) is 0 Å². The molecule has 0 amide bonds. The van der Waals surface area contributed by atoms with Crippen molar-refractivity contribution in [2.45, 2.75) is 0 Å². The average Bonchev–Trinajstić information content (AvgIpc) is 0. The fraction of sp³-hybridized carbons (Fsp3) is 0. The third kappa shape index (κ3) is 726. The Morgan fingerprint density at radius 2 is 0.0169 bits per heavy atom. The zero-order chi connectivity index (χ0) is 0. The van der Waals surface area contributed by atoms with Crippen LogP contribution in [0.25, 0.3) is 0 Å². The predicted molar refractivity (Wildman–Crippen MR) is 0 cm³/mol. The molecular formula is Co59. The van der Waals surface area contributed by atoms with Crippen molar-refractivity contribution in [2.24, 2.45) is 0 Å². The summed E-state index contributed by atoms with van der Waals surface area (Å²) in [5.74, 6) is 0. The summed E-state index contributed by atoms with van der Waals surface area (Å²) in [5.41, 5.74) is 0. The van der Waals surface area contributed by atoms with Crippen LogP contribution in [0.5, 0.6) is 0 Å². The molecular weight excluding hydrogens is 3480 g/mol. The second-order valence-corrected chi connectivity index (χ2v) is 0. The van der Waals surface area contributed by atoms with Crippen LogP contribution >= 0.6 is 0 Å². The van der Waals surface area contributed by atoms with Crippen molar-refractivity contribution in [3.05, 3.63) is 0 Å². The van der Waals surface area contributed by atoms with Gasteiger partial charge in [-0.3, -0.25) is 0 Å². The van der Waals surface area contributed by atoms with Crippen LogP contribution < -0.4 is 0 Å². The minimum Gasteiger partial charge on any atom is 0 e. The van der Waals surface area contributed by atoms with E-state index in [9.17, 15) is 0 Å². The molecule has 0 saturated heterocycles. The molecule has 0 saturated carbocycles. The van der Waals surface area contributed by atoms with Crippen LogP contribution in [0.15, 0.2) is 0 Å². The largest absolute Gasteiger partial charge is 0 e. The molecule has 59 radical (unpaired) electrons. The summed E-state index contributed by atoms with van der Waals surface area (Å²) in [6, 6.07) is 0. The van der Waals surface area contributed by atoms with Gasteiger partial charge in [-0.25, -0.2) is 0 Å². The fourth-order valence-corrected chi connectivity index (χ4v) is 0. The van der Waals surface area contributed by atoms with Crippen LogP contribution in [-0.4, -0.2) is 0 Å². The molecule has 0 N–H and O–H groups in total. The summed E-state index contributed by atoms with van der Waals surface area (Å²) in [6.45, 7) is 0. The topological polar surface area (TPSA) is 0 Å². The van der Waals surface area contributed by atoms with E-state index in [0.717, 1.165) is 0 Å². The molecule has 0 aliphatic heterocycles. The van der Waals surface area contributed by atoms with Gasteiger partial charge in [0, 0.05) is 990 Å². The van der Waals surface area contributed by atoms with Gasteiger partial charge in [0.25, 0.3) is 0 Å². The molecule has 0 aliphatic carbocycles. The Morgan fingerprint density at radius 1 is 0.0169 bits per heavy atom. The van der Waals surface area contributed by atoms with Gasteiger partial charge in [-0.05, 0) is 0 Å². The molecule has 0 aromatic heterocycles. The van der Waals surface area contributed by atoms with Crippen LogP contribution in [0.4, 0.5) is 0 Å². The van der Waals surface area contributed by atoms with E-state index in [0.29, 0.717) is 0 Å². The SMILES string of the molecule is [Co].[Co].[Co].[Co].[Co].[Co].[Co].[Co].[Co].[Co].[Co].[Co].[Co].[Co].[Co].[Co].[Co].[Co].[Co].[Co].[Co].[Co].[Co].[Co].[Co].[Co].[Co].[Co].[Co].[Co].[Co].[Co].[Co].[Co].[Co].[Co].[Co].[Co].[Co].[Co].[Co].[Co].[Co].[Co].[Co].[Co].[Co].[Co].[Co].[Co].[Co].[Co].[Co].[Co].[Co].[Co].[Co].[Co].[Co]. The van der Waals surface area contributed by atoms with Crippen molar-refractivity contribution in [1.29, 1.82) is 0 Å². The predicted octanol–water partition coefficient (Wildman–Crippen LogP) is -0.148. The minimum absolute atomic E-state index is 0. The van der Waals surface area contributed by atoms with Gasteiger partial charge in [0.2, 0.25) is 0 Å². The minimum atomic E-state index is 0. The number of rotatable bonds is 0. The first kappa shape index (κ1) is 769. The molecule has 0 rings (SSSR count). The number of hydrogen-bond acceptors (Lipinski definition) is 0. The molecule has 0 bridgehead atoms. The van der Waals surface area contributed by atoms with Gasteiger partial charge in [0.15, 0.2) is 0 Å². The van der Waals surface area contributed by atoms with E-state index >= 15 is 0 Å². The molecule has 0 nitrogen and oxygen atoms in total. The van der Waals surface area contributed by atoms with Gasteiger partial charge in [-0.15, -0.1) is 0 Å². The van der Waals surface area contributed by atoms with Crippen LogP contribution in [0.2, 0.25) is 0 Å². The van der Waals surface area contributed by atoms with Gasteiger partial charge >= 0.3 is 0 Å². The van der Waals surface area contributed by atoms with E-state index in [2.05, 4.69) is 0 Å². The summed E-state index contributed by atoms with van der Waals surface area (Å²) in [4.78, 5) is 0. The van der Waals surface area contributed by atoms with Crippen molar-refractivity contribution in [2.75, 3.05) is 0 Å². The Balaban J connectivity index is 0. The smallest absolute Gasteiger partial charge is 0 e. The van der Waals surface area contributed by atoms with Crippen molar-refractivity contribution < 1.29 is 990 Å². The van der Waals surface area contributed by atoms with Gasteiger partial charge in [-0.1, -0.05) is 0 Å². The second-order valence-electron chi connectivity index (χ2n) is 0. The summed E-state index contributed by atoms with van der Waals surface area (Å²) in [6.07, 6.45) is 0. The molecule has 0 aromatic carbocycles. The van der Waals surface area contributed by atoms with Crippen LogP contribution in [0.3, 0.4) is 0 Å². The molecule has 0 aromatic rings. The third-order valence-electron chi connectivity index (χ3n) is 0. The van der Waals surface area contributed by atoms with Gasteiger partial charge in [-0.2, -0.15) is 0 Å². The van der Waals surface area contributed by atoms with E-state index in [4.69, 9.17) is 0 Å². The first-order chi connectivity index (χ1) is 0. The van der Waals surface area contributed by atoms with Gasteiger partial charge in [0.05, 0.1) is 0 Å². The molecule has 59 heteroatoms. The molecule has 59 heavy (non-hydrogen) atoms. The van der Waals surface area contributed by atoms with E-state index < -0.39 is 0 Å². The zero-order valence-corrected chi connectivity index (χ0v) is 81.1. The summed E-state index contributed by atoms with van der Waals surface area (Å²) < 4.78 is 0. The standard InChI is InChI=1S/59Co. The van der Waals surface area contributed by atoms with Crippen LogP contribution in [0, 0.1) is 0 Å². The Hall–Kier alpha value is 29.9. The molecule has 531 valence electrons. The van der Waals surface area contributed by atoms with Gasteiger partial charge < -0.3 is 0 Å². The summed E-state index contributed by atoms with van der Waals surface area (Å²) >= 11 is 0. The Kier molecular flexibility index (Phi) is 9680. The van der Waals surface area contributed by atoms with Crippen molar-refractivity contribution in [3.8, 4) is 0 Å². The maximum absolute atomic E-state index is 0. The maximum atomic E-state index is 0. The van der Waals surface area contributed by atoms with Crippen LogP contribution in [-0.2, 0) is 990 Å². The second kappa shape index (κ2) is 743. The monoisotopic (exact) mass is 3480 g/mol. The molecule has 0 heterocycles. The first-order valence-corrected chi connectivity index (χ1v) is 0. The van der Waals surface area contributed by atoms with E-state index in [1.165, 1.54) is 0 Å². The maximum Gasteiger partial charge on any atom is 0 e. The molecule has 0 unspecified atom stereocenters. The Labute approximate surface area is 964 Å². The summed E-state index contributed by atoms with van der Waals surface area (Å²) in [5, 5.41) is 0. The first-order valence-electron chi connectivity index (χ1n) is 0. The Morgan fingerprint density at radius 3 is 0.0169 bits per heavy atom. The van der Waals surface area contributed by atoms with E-state index in [-0.39, 0.29) is 990 Å². The summed E-state index contributed by atoms with van der Waals surface area (Å²) in [7, 11) is 0. The number of hydrogen-bond donors (Lipinski definition) is 0. The fourth-order valence-electron chi connectivity index (χ4n) is 0. The third-order valence-corrected chi connectivity index (χ3v) is 0. The zero-order valence-electron chi connectivity index (χ0n) is 19.7. The molecule has 0 aliphatic rings. The van der Waals surface area contributed by atoms with Crippen LogP contribution in [0.1, 0.15) is 0 Å². The molecule has 0 atom stereocenters. The quantitative estimate of drug-likeness (QED) is 0.318. The average molecular weight is 3480 g/mol.